The highest BCUT2D eigenvalue weighted by atomic mass is 19.1. The van der Waals surface area contributed by atoms with Gasteiger partial charge in [-0.3, -0.25) is 9.89 Å². The highest BCUT2D eigenvalue weighted by Crippen LogP contribution is 2.24. The minimum Gasteiger partial charge on any atom is -0.484 e. The third-order valence-electron chi connectivity index (χ3n) is 5.28. The van der Waals surface area contributed by atoms with Crippen molar-refractivity contribution in [2.75, 3.05) is 24.6 Å². The van der Waals surface area contributed by atoms with Gasteiger partial charge in [0, 0.05) is 25.2 Å². The Morgan fingerprint density at radius 1 is 1.27 bits per heavy atom. The van der Waals surface area contributed by atoms with Gasteiger partial charge in [-0.25, -0.2) is 4.39 Å². The number of ether oxygens (including phenoxy) is 1. The van der Waals surface area contributed by atoms with Crippen LogP contribution in [0.5, 0.6) is 5.75 Å². The Hall–Kier alpha value is -3.35. The van der Waals surface area contributed by atoms with E-state index in [0.29, 0.717) is 6.54 Å². The summed E-state index contributed by atoms with van der Waals surface area (Å²) in [5, 5.41) is 10.5. The van der Waals surface area contributed by atoms with E-state index in [1.165, 1.54) is 12.1 Å². The number of benzene rings is 2. The zero-order valence-corrected chi connectivity index (χ0v) is 16.9. The minimum absolute atomic E-state index is 0.00151. The van der Waals surface area contributed by atoms with Crippen molar-refractivity contribution >= 4 is 11.7 Å². The molecule has 1 saturated heterocycles. The van der Waals surface area contributed by atoms with Crippen LogP contribution in [-0.2, 0) is 4.79 Å². The number of nitrogens with one attached hydrogen (secondary N) is 2. The Balaban J connectivity index is 1.32. The van der Waals surface area contributed by atoms with Crippen molar-refractivity contribution in [3.8, 4) is 17.0 Å². The number of aromatic nitrogens is 2. The molecular weight excluding hydrogens is 383 g/mol. The Kier molecular flexibility index (Phi) is 5.97. The number of piperidine rings is 1. The van der Waals surface area contributed by atoms with Gasteiger partial charge in [0.2, 0.25) is 0 Å². The summed E-state index contributed by atoms with van der Waals surface area (Å²) >= 11 is 0. The molecule has 1 atom stereocenters. The molecule has 0 aliphatic carbocycles. The van der Waals surface area contributed by atoms with Crippen molar-refractivity contribution in [3.63, 3.8) is 0 Å². The Labute approximate surface area is 175 Å². The number of hydrogen-bond donors (Lipinski definition) is 2. The number of para-hydroxylation sites is 1. The standard InChI is InChI=1S/C23H25FN4O2/c1-16-5-2-3-7-21(16)30-15-23(29)25-19-6-4-12-28(14-19)22-13-20(26-27-22)17-8-10-18(24)11-9-17/h2-3,5,7-11,13,19H,4,6,12,14-15H2,1H3,(H,25,29)(H,26,27). The fourth-order valence-electron chi connectivity index (χ4n) is 3.68. The van der Waals surface area contributed by atoms with E-state index in [-0.39, 0.29) is 24.4 Å². The van der Waals surface area contributed by atoms with Crippen LogP contribution in [0.15, 0.2) is 54.6 Å². The topological polar surface area (TPSA) is 70.2 Å². The molecule has 30 heavy (non-hydrogen) atoms. The van der Waals surface area contributed by atoms with Gasteiger partial charge in [-0.05, 0) is 61.2 Å². The molecule has 0 spiro atoms. The van der Waals surface area contributed by atoms with Crippen molar-refractivity contribution in [3.05, 3.63) is 66.0 Å². The number of nitrogens with zero attached hydrogens (tertiary/aromatic N) is 2. The fraction of sp³-hybridized carbons (Fsp3) is 0.304. The highest BCUT2D eigenvalue weighted by Gasteiger charge is 2.23. The van der Waals surface area contributed by atoms with E-state index < -0.39 is 0 Å². The van der Waals surface area contributed by atoms with E-state index in [9.17, 15) is 9.18 Å². The third kappa shape index (κ3) is 4.79. The molecule has 7 heteroatoms. The van der Waals surface area contributed by atoms with Crippen molar-refractivity contribution in [2.45, 2.75) is 25.8 Å². The Morgan fingerprint density at radius 2 is 2.07 bits per heavy atom. The number of hydrogen-bond acceptors (Lipinski definition) is 4. The van der Waals surface area contributed by atoms with Crippen molar-refractivity contribution < 1.29 is 13.9 Å². The van der Waals surface area contributed by atoms with Crippen molar-refractivity contribution in [1.29, 1.82) is 0 Å². The fourth-order valence-corrected chi connectivity index (χ4v) is 3.68. The van der Waals surface area contributed by atoms with Gasteiger partial charge in [0.15, 0.2) is 12.4 Å². The van der Waals surface area contributed by atoms with Gasteiger partial charge < -0.3 is 15.0 Å². The summed E-state index contributed by atoms with van der Waals surface area (Å²) in [5.41, 5.74) is 2.72. The first-order valence-electron chi connectivity index (χ1n) is 10.1. The van der Waals surface area contributed by atoms with Gasteiger partial charge in [-0.15, -0.1) is 0 Å². The van der Waals surface area contributed by atoms with Crippen LogP contribution in [0.4, 0.5) is 10.2 Å². The summed E-state index contributed by atoms with van der Waals surface area (Å²) in [6.45, 7) is 3.51. The first-order chi connectivity index (χ1) is 14.6. The lowest BCUT2D eigenvalue weighted by atomic mass is 10.1. The molecular formula is C23H25FN4O2. The number of H-pyrrole nitrogens is 1. The molecule has 1 amide bonds. The first kappa shape index (κ1) is 19.9. The highest BCUT2D eigenvalue weighted by molar-refractivity contribution is 5.78. The predicted octanol–water partition coefficient (Wildman–Crippen LogP) is 3.69. The molecule has 2 N–H and O–H groups in total. The number of carbonyl (C=O) groups excluding carboxylic acids is 1. The summed E-state index contributed by atoms with van der Waals surface area (Å²) in [6.07, 6.45) is 1.88. The zero-order chi connectivity index (χ0) is 20.9. The van der Waals surface area contributed by atoms with Crippen molar-refractivity contribution in [1.82, 2.24) is 15.5 Å². The van der Waals surface area contributed by atoms with Gasteiger partial charge in [0.25, 0.3) is 5.91 Å². The Bertz CT molecular complexity index is 1000. The number of amides is 1. The van der Waals surface area contributed by atoms with E-state index in [1.54, 1.807) is 12.1 Å². The normalized spacial score (nSPS) is 16.3. The van der Waals surface area contributed by atoms with Crippen LogP contribution in [-0.4, -0.2) is 41.8 Å². The summed E-state index contributed by atoms with van der Waals surface area (Å²) in [5.74, 6) is 1.16. The quantitative estimate of drug-likeness (QED) is 0.653. The number of carbonyl (C=O) groups is 1. The van der Waals surface area contributed by atoms with Crippen LogP contribution in [0.2, 0.25) is 0 Å². The summed E-state index contributed by atoms with van der Waals surface area (Å²) < 4.78 is 18.8. The van der Waals surface area contributed by atoms with Crippen molar-refractivity contribution in [2.24, 2.45) is 0 Å². The predicted molar refractivity (Wildman–Crippen MR) is 114 cm³/mol. The van der Waals surface area contributed by atoms with Crippen LogP contribution in [0.1, 0.15) is 18.4 Å². The smallest absolute Gasteiger partial charge is 0.258 e. The van der Waals surface area contributed by atoms with Gasteiger partial charge >= 0.3 is 0 Å². The zero-order valence-electron chi connectivity index (χ0n) is 16.9. The molecule has 1 aliphatic heterocycles. The number of aromatic amines is 1. The average Bonchev–Trinajstić information content (AvgIpc) is 3.24. The molecule has 1 fully saturated rings. The van der Waals surface area contributed by atoms with Crippen LogP contribution in [0.25, 0.3) is 11.3 Å². The van der Waals surface area contributed by atoms with Gasteiger partial charge in [-0.2, -0.15) is 5.10 Å². The molecule has 0 radical (unpaired) electrons. The maximum absolute atomic E-state index is 13.1. The lowest BCUT2D eigenvalue weighted by Gasteiger charge is -2.33. The SMILES string of the molecule is Cc1ccccc1OCC(=O)NC1CCCN(c2cc(-c3ccc(F)cc3)[nH]n2)C1. The van der Waals surface area contributed by atoms with E-state index in [2.05, 4.69) is 20.4 Å². The molecule has 0 saturated carbocycles. The minimum atomic E-state index is -0.264. The second-order valence-electron chi connectivity index (χ2n) is 7.55. The van der Waals surface area contributed by atoms with Crippen LogP contribution in [0.3, 0.4) is 0 Å². The van der Waals surface area contributed by atoms with Crippen LogP contribution < -0.4 is 15.0 Å². The van der Waals surface area contributed by atoms with E-state index >= 15 is 0 Å². The van der Waals surface area contributed by atoms with Gasteiger partial charge in [0.1, 0.15) is 11.6 Å². The second kappa shape index (κ2) is 8.98. The molecule has 1 unspecified atom stereocenters. The Morgan fingerprint density at radius 3 is 2.87 bits per heavy atom. The molecule has 0 bridgehead atoms. The largest absolute Gasteiger partial charge is 0.484 e. The van der Waals surface area contributed by atoms with Crippen LogP contribution in [0, 0.1) is 12.7 Å². The molecule has 156 valence electrons. The third-order valence-corrected chi connectivity index (χ3v) is 5.28. The lowest BCUT2D eigenvalue weighted by Crippen LogP contribution is -2.49. The summed E-state index contributed by atoms with van der Waals surface area (Å²) in [7, 11) is 0. The second-order valence-corrected chi connectivity index (χ2v) is 7.55. The molecule has 2 aromatic carbocycles. The molecule has 1 aliphatic rings. The van der Waals surface area contributed by atoms with Gasteiger partial charge in [-0.1, -0.05) is 18.2 Å². The monoisotopic (exact) mass is 408 g/mol. The van der Waals surface area contributed by atoms with E-state index in [4.69, 9.17) is 4.74 Å². The van der Waals surface area contributed by atoms with Crippen LogP contribution >= 0.6 is 0 Å². The van der Waals surface area contributed by atoms with E-state index in [0.717, 1.165) is 47.8 Å². The maximum Gasteiger partial charge on any atom is 0.258 e. The lowest BCUT2D eigenvalue weighted by molar-refractivity contribution is -0.123. The maximum atomic E-state index is 13.1. The summed E-state index contributed by atoms with van der Waals surface area (Å²) in [6, 6.07) is 16.0. The molecule has 2 heterocycles. The number of aryl methyl sites for hydroxylation is 1. The number of anilines is 1. The first-order valence-corrected chi connectivity index (χ1v) is 10.1. The summed E-state index contributed by atoms with van der Waals surface area (Å²) in [4.78, 5) is 14.5. The molecule has 6 nitrogen and oxygen atoms in total. The average molecular weight is 408 g/mol. The number of halogens is 1. The molecule has 4 rings (SSSR count). The molecule has 3 aromatic rings. The molecule has 1 aromatic heterocycles. The number of rotatable bonds is 6. The van der Waals surface area contributed by atoms with Gasteiger partial charge in [0.05, 0.1) is 5.69 Å². The van der Waals surface area contributed by atoms with E-state index in [1.807, 2.05) is 37.3 Å².